The number of hydrogen-bond acceptors (Lipinski definition) is 3. The predicted molar refractivity (Wildman–Crippen MR) is 76.4 cm³/mol. The van der Waals surface area contributed by atoms with Crippen molar-refractivity contribution in [1.29, 1.82) is 0 Å². The molecule has 19 heavy (non-hydrogen) atoms. The standard InChI is InChI=1S/C14H23NO3S/c1-4-11(3)9-15-19(17,18)14-7-6-12(5-2)13(8-14)10-16/h6-8,11,15-16H,4-5,9-10H2,1-3H3. The normalized spacial score (nSPS) is 13.5. The van der Waals surface area contributed by atoms with Crippen LogP contribution in [0.15, 0.2) is 23.1 Å². The van der Waals surface area contributed by atoms with E-state index in [4.69, 9.17) is 0 Å². The maximum atomic E-state index is 12.1. The average molecular weight is 285 g/mol. The molecule has 108 valence electrons. The summed E-state index contributed by atoms with van der Waals surface area (Å²) in [6.07, 6.45) is 1.70. The Kier molecular flexibility index (Phi) is 5.97. The monoisotopic (exact) mass is 285 g/mol. The zero-order chi connectivity index (χ0) is 14.5. The van der Waals surface area contributed by atoms with Gasteiger partial charge in [-0.25, -0.2) is 13.1 Å². The number of nitrogens with one attached hydrogen (secondary N) is 1. The number of sulfonamides is 1. The second kappa shape index (κ2) is 7.03. The van der Waals surface area contributed by atoms with E-state index in [2.05, 4.69) is 4.72 Å². The molecule has 0 saturated heterocycles. The van der Waals surface area contributed by atoms with Crippen molar-refractivity contribution in [3.05, 3.63) is 29.3 Å². The van der Waals surface area contributed by atoms with Crippen molar-refractivity contribution in [2.45, 2.75) is 45.1 Å². The van der Waals surface area contributed by atoms with E-state index < -0.39 is 10.0 Å². The maximum absolute atomic E-state index is 12.1. The van der Waals surface area contributed by atoms with Crippen LogP contribution in [0.1, 0.15) is 38.3 Å². The Morgan fingerprint density at radius 3 is 2.47 bits per heavy atom. The number of aliphatic hydroxyl groups is 1. The highest BCUT2D eigenvalue weighted by Gasteiger charge is 2.16. The van der Waals surface area contributed by atoms with E-state index in [1.54, 1.807) is 18.2 Å². The number of hydrogen-bond donors (Lipinski definition) is 2. The fraction of sp³-hybridized carbons (Fsp3) is 0.571. The molecule has 1 aromatic carbocycles. The van der Waals surface area contributed by atoms with Gasteiger partial charge in [0.05, 0.1) is 11.5 Å². The molecule has 0 radical (unpaired) electrons. The maximum Gasteiger partial charge on any atom is 0.240 e. The quantitative estimate of drug-likeness (QED) is 0.806. The lowest BCUT2D eigenvalue weighted by Crippen LogP contribution is -2.28. The van der Waals surface area contributed by atoms with Gasteiger partial charge in [-0.3, -0.25) is 0 Å². The molecule has 0 aliphatic rings. The van der Waals surface area contributed by atoms with Gasteiger partial charge in [-0.15, -0.1) is 0 Å². The van der Waals surface area contributed by atoms with E-state index in [0.29, 0.717) is 18.0 Å². The lowest BCUT2D eigenvalue weighted by atomic mass is 10.1. The molecule has 1 atom stereocenters. The highest BCUT2D eigenvalue weighted by atomic mass is 32.2. The zero-order valence-corrected chi connectivity index (χ0v) is 12.6. The highest BCUT2D eigenvalue weighted by Crippen LogP contribution is 2.17. The second-order valence-corrected chi connectivity index (χ2v) is 6.57. The molecule has 4 nitrogen and oxygen atoms in total. The Bertz CT molecular complexity index is 511. The first kappa shape index (κ1) is 16.1. The van der Waals surface area contributed by atoms with Crippen LogP contribution in [-0.4, -0.2) is 20.1 Å². The Labute approximate surface area is 115 Å². The zero-order valence-electron chi connectivity index (χ0n) is 11.8. The largest absolute Gasteiger partial charge is 0.392 e. The minimum absolute atomic E-state index is 0.141. The van der Waals surface area contributed by atoms with Crippen LogP contribution in [0, 0.1) is 5.92 Å². The number of aryl methyl sites for hydroxylation is 1. The smallest absolute Gasteiger partial charge is 0.240 e. The van der Waals surface area contributed by atoms with E-state index in [-0.39, 0.29) is 11.5 Å². The number of aliphatic hydroxyl groups excluding tert-OH is 1. The summed E-state index contributed by atoms with van der Waals surface area (Å²) in [7, 11) is -3.48. The Hall–Kier alpha value is -0.910. The summed E-state index contributed by atoms with van der Waals surface area (Å²) in [6.45, 7) is 6.30. The summed E-state index contributed by atoms with van der Waals surface area (Å²) < 4.78 is 26.9. The Balaban J connectivity index is 2.95. The topological polar surface area (TPSA) is 66.4 Å². The molecule has 0 aliphatic heterocycles. The molecule has 0 aromatic heterocycles. The van der Waals surface area contributed by atoms with Crippen LogP contribution >= 0.6 is 0 Å². The molecule has 5 heteroatoms. The van der Waals surface area contributed by atoms with Gasteiger partial charge in [0.25, 0.3) is 0 Å². The van der Waals surface area contributed by atoms with Crippen LogP contribution in [0.5, 0.6) is 0 Å². The molecule has 0 heterocycles. The summed E-state index contributed by atoms with van der Waals surface area (Å²) >= 11 is 0. The Morgan fingerprint density at radius 2 is 1.95 bits per heavy atom. The van der Waals surface area contributed by atoms with Gasteiger partial charge in [-0.1, -0.05) is 33.3 Å². The van der Waals surface area contributed by atoms with Crippen molar-refractivity contribution in [2.24, 2.45) is 5.92 Å². The Morgan fingerprint density at radius 1 is 1.26 bits per heavy atom. The molecular weight excluding hydrogens is 262 g/mol. The average Bonchev–Trinajstić information content (AvgIpc) is 2.43. The van der Waals surface area contributed by atoms with Crippen LogP contribution in [0.25, 0.3) is 0 Å². The van der Waals surface area contributed by atoms with Crippen LogP contribution in [0.4, 0.5) is 0 Å². The lowest BCUT2D eigenvalue weighted by Gasteiger charge is -2.12. The van der Waals surface area contributed by atoms with Gasteiger partial charge in [-0.05, 0) is 35.6 Å². The van der Waals surface area contributed by atoms with Gasteiger partial charge in [0.1, 0.15) is 0 Å². The van der Waals surface area contributed by atoms with E-state index in [1.807, 2.05) is 20.8 Å². The minimum Gasteiger partial charge on any atom is -0.392 e. The number of benzene rings is 1. The molecule has 0 bridgehead atoms. The molecule has 0 amide bonds. The van der Waals surface area contributed by atoms with Crippen LogP contribution in [0.2, 0.25) is 0 Å². The van der Waals surface area contributed by atoms with Crippen molar-refractivity contribution in [1.82, 2.24) is 4.72 Å². The van der Waals surface area contributed by atoms with Crippen molar-refractivity contribution in [3.8, 4) is 0 Å². The summed E-state index contributed by atoms with van der Waals surface area (Å²) in [5.74, 6) is 0.307. The third-order valence-electron chi connectivity index (χ3n) is 3.36. The molecule has 0 aliphatic carbocycles. The second-order valence-electron chi connectivity index (χ2n) is 4.81. The fourth-order valence-corrected chi connectivity index (χ4v) is 2.96. The number of rotatable bonds is 7. The lowest BCUT2D eigenvalue weighted by molar-refractivity contribution is 0.280. The van der Waals surface area contributed by atoms with Crippen LogP contribution in [0.3, 0.4) is 0 Å². The third-order valence-corrected chi connectivity index (χ3v) is 4.78. The van der Waals surface area contributed by atoms with Crippen LogP contribution < -0.4 is 4.72 Å². The minimum atomic E-state index is -3.48. The van der Waals surface area contributed by atoms with Crippen molar-refractivity contribution < 1.29 is 13.5 Å². The summed E-state index contributed by atoms with van der Waals surface area (Å²) in [4.78, 5) is 0.219. The van der Waals surface area contributed by atoms with E-state index in [1.165, 1.54) is 0 Å². The van der Waals surface area contributed by atoms with Gasteiger partial charge in [0.15, 0.2) is 0 Å². The van der Waals surface area contributed by atoms with E-state index in [9.17, 15) is 13.5 Å². The fourth-order valence-electron chi connectivity index (χ4n) is 1.74. The van der Waals surface area contributed by atoms with Crippen molar-refractivity contribution in [3.63, 3.8) is 0 Å². The molecule has 2 N–H and O–H groups in total. The molecular formula is C14H23NO3S. The third kappa shape index (κ3) is 4.30. The first-order chi connectivity index (χ1) is 8.94. The van der Waals surface area contributed by atoms with Crippen molar-refractivity contribution >= 4 is 10.0 Å². The highest BCUT2D eigenvalue weighted by molar-refractivity contribution is 7.89. The summed E-state index contributed by atoms with van der Waals surface area (Å²) in [6, 6.07) is 4.91. The van der Waals surface area contributed by atoms with Gasteiger partial charge in [-0.2, -0.15) is 0 Å². The van der Waals surface area contributed by atoms with Gasteiger partial charge >= 0.3 is 0 Å². The van der Waals surface area contributed by atoms with Gasteiger partial charge in [0, 0.05) is 6.54 Å². The SMILES string of the molecule is CCc1ccc(S(=O)(=O)NCC(C)CC)cc1CO. The first-order valence-corrected chi connectivity index (χ1v) is 8.15. The van der Waals surface area contributed by atoms with Gasteiger partial charge in [0.2, 0.25) is 10.0 Å². The van der Waals surface area contributed by atoms with E-state index >= 15 is 0 Å². The predicted octanol–water partition coefficient (Wildman–Crippen LogP) is 2.07. The van der Waals surface area contributed by atoms with E-state index in [0.717, 1.165) is 18.4 Å². The van der Waals surface area contributed by atoms with Crippen molar-refractivity contribution in [2.75, 3.05) is 6.54 Å². The molecule has 1 aromatic rings. The molecule has 1 rings (SSSR count). The molecule has 0 spiro atoms. The summed E-state index contributed by atoms with van der Waals surface area (Å²) in [5.41, 5.74) is 1.65. The molecule has 0 fully saturated rings. The van der Waals surface area contributed by atoms with Crippen LogP contribution in [-0.2, 0) is 23.1 Å². The summed E-state index contributed by atoms with van der Waals surface area (Å²) in [5, 5.41) is 9.28. The first-order valence-electron chi connectivity index (χ1n) is 6.66. The molecule has 0 saturated carbocycles. The molecule has 1 unspecified atom stereocenters. The van der Waals surface area contributed by atoms with Gasteiger partial charge < -0.3 is 5.11 Å².